The first kappa shape index (κ1) is 14.1. The first-order valence-corrected chi connectivity index (χ1v) is 6.59. The molecule has 1 fully saturated rings. The number of ether oxygens (including phenoxy) is 3. The van der Waals surface area contributed by atoms with Crippen molar-refractivity contribution in [3.63, 3.8) is 0 Å². The molecule has 0 radical (unpaired) electrons. The summed E-state index contributed by atoms with van der Waals surface area (Å²) in [5.74, 6) is 0.410. The largest absolute Gasteiger partial charge is 0.480 e. The zero-order valence-electron chi connectivity index (χ0n) is 11.8. The van der Waals surface area contributed by atoms with Crippen LogP contribution in [-0.4, -0.2) is 57.8 Å². The van der Waals surface area contributed by atoms with Crippen molar-refractivity contribution in [1.29, 1.82) is 0 Å². The second-order valence-electron chi connectivity index (χ2n) is 4.79. The molecular formula is C13H17N3O5. The Morgan fingerprint density at radius 3 is 2.81 bits per heavy atom. The highest BCUT2D eigenvalue weighted by Gasteiger charge is 2.35. The van der Waals surface area contributed by atoms with Gasteiger partial charge in [0.25, 0.3) is 0 Å². The van der Waals surface area contributed by atoms with E-state index in [2.05, 4.69) is 9.97 Å². The molecule has 0 aromatic carbocycles. The number of fused-ring (bicyclic) bond motifs is 1. The van der Waals surface area contributed by atoms with Crippen LogP contribution in [0.4, 0.5) is 0 Å². The average Bonchev–Trinajstić information content (AvgIpc) is 3.08. The maximum atomic E-state index is 9.85. The number of hydrogen-bond donors (Lipinski definition) is 2. The van der Waals surface area contributed by atoms with Crippen LogP contribution in [0.15, 0.2) is 12.3 Å². The van der Waals surface area contributed by atoms with Crippen LogP contribution in [0.5, 0.6) is 11.9 Å². The zero-order valence-corrected chi connectivity index (χ0v) is 11.8. The number of rotatable bonds is 4. The van der Waals surface area contributed by atoms with Gasteiger partial charge in [0.05, 0.1) is 32.3 Å². The van der Waals surface area contributed by atoms with Crippen LogP contribution in [0.2, 0.25) is 0 Å². The highest BCUT2D eigenvalue weighted by Crippen LogP contribution is 2.33. The summed E-state index contributed by atoms with van der Waals surface area (Å²) < 4.78 is 17.7. The van der Waals surface area contributed by atoms with E-state index in [1.54, 1.807) is 10.8 Å². The van der Waals surface area contributed by atoms with Crippen LogP contribution in [-0.2, 0) is 4.74 Å². The normalized spacial score (nSPS) is 25.4. The molecule has 0 bridgehead atoms. The summed E-state index contributed by atoms with van der Waals surface area (Å²) in [6, 6.07) is 2.01. The van der Waals surface area contributed by atoms with Crippen LogP contribution in [0, 0.1) is 0 Å². The summed E-state index contributed by atoms with van der Waals surface area (Å²) >= 11 is 0. The molecule has 3 heterocycles. The lowest BCUT2D eigenvalue weighted by molar-refractivity contribution is -0.0430. The minimum Gasteiger partial charge on any atom is -0.480 e. The predicted octanol–water partition coefficient (Wildman–Crippen LogP) is 0.0892. The van der Waals surface area contributed by atoms with Gasteiger partial charge in [0, 0.05) is 12.6 Å². The van der Waals surface area contributed by atoms with Gasteiger partial charge in [0.2, 0.25) is 5.88 Å². The van der Waals surface area contributed by atoms with E-state index in [0.29, 0.717) is 17.9 Å². The van der Waals surface area contributed by atoms with Crippen molar-refractivity contribution in [2.45, 2.75) is 24.9 Å². The Labute approximate surface area is 120 Å². The summed E-state index contributed by atoms with van der Waals surface area (Å²) in [4.78, 5) is 8.43. The Morgan fingerprint density at radius 1 is 1.38 bits per heavy atom. The highest BCUT2D eigenvalue weighted by atomic mass is 16.5. The molecule has 1 saturated heterocycles. The molecule has 8 heteroatoms. The van der Waals surface area contributed by atoms with Crippen molar-refractivity contribution < 1.29 is 24.4 Å². The van der Waals surface area contributed by atoms with Crippen molar-refractivity contribution in [2.24, 2.45) is 0 Å². The second-order valence-corrected chi connectivity index (χ2v) is 4.79. The Balaban J connectivity index is 2.04. The molecule has 21 heavy (non-hydrogen) atoms. The molecule has 0 spiro atoms. The van der Waals surface area contributed by atoms with E-state index in [9.17, 15) is 5.11 Å². The summed E-state index contributed by atoms with van der Waals surface area (Å²) in [5.41, 5.74) is 0.592. The predicted molar refractivity (Wildman–Crippen MR) is 72.3 cm³/mol. The van der Waals surface area contributed by atoms with Gasteiger partial charge in [-0.3, -0.25) is 0 Å². The molecule has 3 unspecified atom stereocenters. The molecule has 2 N–H and O–H groups in total. The molecule has 3 rings (SSSR count). The maximum Gasteiger partial charge on any atom is 0.321 e. The standard InChI is InChI=1S/C13H17N3O5/c1-19-12-7-3-4-16(11(7)14-13(15-12)20-2)10-5-8(18)9(6-17)21-10/h3-4,8-10,17-18H,5-6H2,1-2H3. The third kappa shape index (κ3) is 2.31. The van der Waals surface area contributed by atoms with Gasteiger partial charge >= 0.3 is 6.01 Å². The quantitative estimate of drug-likeness (QED) is 0.824. The molecule has 3 atom stereocenters. The van der Waals surface area contributed by atoms with Gasteiger partial charge in [-0.15, -0.1) is 0 Å². The molecule has 0 saturated carbocycles. The van der Waals surface area contributed by atoms with E-state index < -0.39 is 18.4 Å². The van der Waals surface area contributed by atoms with Crippen LogP contribution in [0.25, 0.3) is 11.0 Å². The minimum atomic E-state index is -0.705. The van der Waals surface area contributed by atoms with Crippen LogP contribution >= 0.6 is 0 Å². The molecule has 114 valence electrons. The maximum absolute atomic E-state index is 9.85. The van der Waals surface area contributed by atoms with Crippen LogP contribution in [0.1, 0.15) is 12.6 Å². The molecule has 0 amide bonds. The molecule has 8 nitrogen and oxygen atoms in total. The summed E-state index contributed by atoms with van der Waals surface area (Å²) in [6.07, 6.45) is 0.474. The number of nitrogens with zero attached hydrogens (tertiary/aromatic N) is 3. The Morgan fingerprint density at radius 2 is 2.19 bits per heavy atom. The third-order valence-electron chi connectivity index (χ3n) is 3.59. The second kappa shape index (κ2) is 5.47. The van der Waals surface area contributed by atoms with E-state index in [1.807, 2.05) is 6.07 Å². The monoisotopic (exact) mass is 295 g/mol. The van der Waals surface area contributed by atoms with Crippen molar-refractivity contribution >= 4 is 11.0 Å². The Hall–Kier alpha value is -1.90. The van der Waals surface area contributed by atoms with E-state index >= 15 is 0 Å². The number of methoxy groups -OCH3 is 2. The Kier molecular flexibility index (Phi) is 3.66. The molecule has 2 aromatic rings. The molecule has 1 aliphatic heterocycles. The van der Waals surface area contributed by atoms with E-state index in [4.69, 9.17) is 19.3 Å². The van der Waals surface area contributed by atoms with Gasteiger partial charge in [0.15, 0.2) is 5.65 Å². The minimum absolute atomic E-state index is 0.191. The Bertz CT molecular complexity index is 644. The van der Waals surface area contributed by atoms with Crippen molar-refractivity contribution in [3.05, 3.63) is 12.3 Å². The molecular weight excluding hydrogens is 278 g/mol. The van der Waals surface area contributed by atoms with Crippen molar-refractivity contribution in [2.75, 3.05) is 20.8 Å². The number of aliphatic hydroxyl groups is 2. The fourth-order valence-corrected chi connectivity index (χ4v) is 2.52. The van der Waals surface area contributed by atoms with E-state index in [1.165, 1.54) is 14.2 Å². The topological polar surface area (TPSA) is 98.9 Å². The fraction of sp³-hybridized carbons (Fsp3) is 0.538. The zero-order chi connectivity index (χ0) is 15.0. The average molecular weight is 295 g/mol. The summed E-state index contributed by atoms with van der Waals surface area (Å²) in [6.45, 7) is -0.224. The molecule has 0 aliphatic carbocycles. The molecule has 1 aliphatic rings. The van der Waals surface area contributed by atoms with Gasteiger partial charge in [-0.05, 0) is 6.07 Å². The van der Waals surface area contributed by atoms with E-state index in [-0.39, 0.29) is 12.6 Å². The van der Waals surface area contributed by atoms with Gasteiger partial charge in [-0.1, -0.05) is 0 Å². The van der Waals surface area contributed by atoms with Crippen LogP contribution < -0.4 is 9.47 Å². The fourth-order valence-electron chi connectivity index (χ4n) is 2.52. The smallest absolute Gasteiger partial charge is 0.321 e. The number of aromatic nitrogens is 3. The summed E-state index contributed by atoms with van der Waals surface area (Å²) in [7, 11) is 3.00. The molecule has 2 aromatic heterocycles. The van der Waals surface area contributed by atoms with Crippen LogP contribution in [0.3, 0.4) is 0 Å². The van der Waals surface area contributed by atoms with Gasteiger partial charge in [-0.25, -0.2) is 0 Å². The number of hydrogen-bond acceptors (Lipinski definition) is 7. The van der Waals surface area contributed by atoms with Crippen molar-refractivity contribution in [1.82, 2.24) is 14.5 Å². The van der Waals surface area contributed by atoms with E-state index in [0.717, 1.165) is 5.39 Å². The van der Waals surface area contributed by atoms with Gasteiger partial charge < -0.3 is 29.0 Å². The SMILES string of the molecule is COc1nc(OC)c2ccn(C3CC(O)C(CO)O3)c2n1. The lowest BCUT2D eigenvalue weighted by Crippen LogP contribution is -2.24. The van der Waals surface area contributed by atoms with Gasteiger partial charge in [0.1, 0.15) is 12.3 Å². The highest BCUT2D eigenvalue weighted by molar-refractivity contribution is 5.82. The number of aliphatic hydroxyl groups excluding tert-OH is 2. The van der Waals surface area contributed by atoms with Crippen molar-refractivity contribution in [3.8, 4) is 11.9 Å². The lowest BCUT2D eigenvalue weighted by Gasteiger charge is -2.14. The summed E-state index contributed by atoms with van der Waals surface area (Å²) in [5, 5.41) is 19.7. The first-order chi connectivity index (χ1) is 10.2. The van der Waals surface area contributed by atoms with Gasteiger partial charge in [-0.2, -0.15) is 9.97 Å². The third-order valence-corrected chi connectivity index (χ3v) is 3.59. The first-order valence-electron chi connectivity index (χ1n) is 6.59. The lowest BCUT2D eigenvalue weighted by atomic mass is 10.2.